The highest BCUT2D eigenvalue weighted by molar-refractivity contribution is 9.10. The first-order chi connectivity index (χ1) is 6.74. The van der Waals surface area contributed by atoms with Crippen molar-refractivity contribution in [3.05, 3.63) is 40.4 Å². The van der Waals surface area contributed by atoms with Crippen molar-refractivity contribution in [2.24, 2.45) is 5.73 Å². The van der Waals surface area contributed by atoms with E-state index in [9.17, 15) is 0 Å². The van der Waals surface area contributed by atoms with Gasteiger partial charge in [0.1, 0.15) is 12.4 Å². The van der Waals surface area contributed by atoms with E-state index in [1.165, 1.54) is 5.56 Å². The molecule has 0 spiro atoms. The Morgan fingerprint density at radius 3 is 2.86 bits per heavy atom. The molecule has 0 heterocycles. The molecule has 1 aromatic rings. The summed E-state index contributed by atoms with van der Waals surface area (Å²) in [5.74, 6) is 0.859. The van der Waals surface area contributed by atoms with E-state index in [1.807, 2.05) is 37.3 Å². The Balaban J connectivity index is 2.55. The minimum atomic E-state index is 0.554. The van der Waals surface area contributed by atoms with E-state index < -0.39 is 0 Å². The summed E-state index contributed by atoms with van der Waals surface area (Å²) in [6, 6.07) is 6.00. The molecule has 0 atom stereocenters. The molecule has 0 saturated carbocycles. The Hall–Kier alpha value is -0.800. The molecule has 0 fully saturated rings. The highest BCUT2D eigenvalue weighted by Crippen LogP contribution is 2.25. The number of benzene rings is 1. The molecule has 0 aliphatic heterocycles. The number of hydrogen-bond acceptors (Lipinski definition) is 2. The molecule has 2 nitrogen and oxygen atoms in total. The predicted molar refractivity (Wildman–Crippen MR) is 62.6 cm³/mol. The van der Waals surface area contributed by atoms with Crippen LogP contribution in [0.5, 0.6) is 5.75 Å². The molecule has 2 N–H and O–H groups in total. The lowest BCUT2D eigenvalue weighted by molar-refractivity contribution is 0.360. The van der Waals surface area contributed by atoms with E-state index in [4.69, 9.17) is 10.5 Å². The Morgan fingerprint density at radius 1 is 1.43 bits per heavy atom. The van der Waals surface area contributed by atoms with Gasteiger partial charge in [0.25, 0.3) is 0 Å². The monoisotopic (exact) mass is 255 g/mol. The quantitative estimate of drug-likeness (QED) is 0.840. The van der Waals surface area contributed by atoms with Crippen LogP contribution in [-0.4, -0.2) is 13.2 Å². The Labute approximate surface area is 92.9 Å². The maximum Gasteiger partial charge on any atom is 0.133 e. The highest BCUT2D eigenvalue weighted by atomic mass is 79.9. The SMILES string of the molecule is Cc1ccc(OCC=CCN)c(Br)c1. The van der Waals surface area contributed by atoms with Gasteiger partial charge in [-0.25, -0.2) is 0 Å². The molecule has 0 amide bonds. The molecule has 0 aromatic heterocycles. The molecule has 76 valence electrons. The summed E-state index contributed by atoms with van der Waals surface area (Å²) >= 11 is 3.44. The van der Waals surface area contributed by atoms with Gasteiger partial charge in [-0.3, -0.25) is 0 Å². The van der Waals surface area contributed by atoms with Crippen molar-refractivity contribution in [3.8, 4) is 5.75 Å². The topological polar surface area (TPSA) is 35.2 Å². The minimum absolute atomic E-state index is 0.554. The molecule has 3 heteroatoms. The maximum atomic E-state index is 5.50. The molecule has 0 saturated heterocycles. The van der Waals surface area contributed by atoms with Crippen molar-refractivity contribution in [2.75, 3.05) is 13.2 Å². The smallest absolute Gasteiger partial charge is 0.133 e. The van der Waals surface area contributed by atoms with E-state index in [0.29, 0.717) is 13.2 Å². The van der Waals surface area contributed by atoms with Crippen LogP contribution >= 0.6 is 15.9 Å². The van der Waals surface area contributed by atoms with E-state index >= 15 is 0 Å². The molecule has 1 aromatic carbocycles. The van der Waals surface area contributed by atoms with Crippen molar-refractivity contribution in [3.63, 3.8) is 0 Å². The number of halogens is 1. The minimum Gasteiger partial charge on any atom is -0.488 e. The first-order valence-electron chi connectivity index (χ1n) is 4.48. The second-order valence-electron chi connectivity index (χ2n) is 2.95. The van der Waals surface area contributed by atoms with Crippen LogP contribution in [0.25, 0.3) is 0 Å². The van der Waals surface area contributed by atoms with Crippen LogP contribution < -0.4 is 10.5 Å². The van der Waals surface area contributed by atoms with Crippen LogP contribution in [0, 0.1) is 6.92 Å². The zero-order chi connectivity index (χ0) is 10.4. The first-order valence-corrected chi connectivity index (χ1v) is 5.27. The maximum absolute atomic E-state index is 5.50. The van der Waals surface area contributed by atoms with Gasteiger partial charge in [0.05, 0.1) is 4.47 Å². The third kappa shape index (κ3) is 3.52. The Bertz CT molecular complexity index is 323. The summed E-state index contributed by atoms with van der Waals surface area (Å²) in [7, 11) is 0. The van der Waals surface area contributed by atoms with Crippen molar-refractivity contribution < 1.29 is 4.74 Å². The molecular formula is C11H14BrNO. The number of aryl methyl sites for hydroxylation is 1. The molecule has 0 aliphatic carbocycles. The summed E-state index contributed by atoms with van der Waals surface area (Å²) in [4.78, 5) is 0. The fourth-order valence-electron chi connectivity index (χ4n) is 1.03. The zero-order valence-electron chi connectivity index (χ0n) is 8.16. The van der Waals surface area contributed by atoms with Gasteiger partial charge in [0.15, 0.2) is 0 Å². The molecule has 0 radical (unpaired) electrons. The van der Waals surface area contributed by atoms with Crippen molar-refractivity contribution >= 4 is 15.9 Å². The molecule has 0 aliphatic rings. The standard InChI is InChI=1S/C11H14BrNO/c1-9-4-5-11(10(12)8-9)14-7-3-2-6-13/h2-5,8H,6-7,13H2,1H3. The Kier molecular flexibility index (Phi) is 4.70. The van der Waals surface area contributed by atoms with Gasteiger partial charge < -0.3 is 10.5 Å². The number of rotatable bonds is 4. The summed E-state index contributed by atoms with van der Waals surface area (Å²) in [6.07, 6.45) is 3.79. The second-order valence-corrected chi connectivity index (χ2v) is 3.81. The summed E-state index contributed by atoms with van der Waals surface area (Å²) in [5, 5.41) is 0. The van der Waals surface area contributed by atoms with Crippen LogP contribution in [0.15, 0.2) is 34.8 Å². The lowest BCUT2D eigenvalue weighted by Gasteiger charge is -2.06. The van der Waals surface area contributed by atoms with Crippen LogP contribution in [-0.2, 0) is 0 Å². The van der Waals surface area contributed by atoms with E-state index in [2.05, 4.69) is 15.9 Å². The third-order valence-corrected chi connectivity index (χ3v) is 2.34. The van der Waals surface area contributed by atoms with Crippen molar-refractivity contribution in [1.82, 2.24) is 0 Å². The lowest BCUT2D eigenvalue weighted by Crippen LogP contribution is -1.97. The summed E-state index contributed by atoms with van der Waals surface area (Å²) in [6.45, 7) is 3.15. The van der Waals surface area contributed by atoms with Crippen molar-refractivity contribution in [1.29, 1.82) is 0 Å². The average molecular weight is 256 g/mol. The van der Waals surface area contributed by atoms with Crippen LogP contribution in [0.4, 0.5) is 0 Å². The van der Waals surface area contributed by atoms with Gasteiger partial charge in [-0.1, -0.05) is 18.2 Å². The van der Waals surface area contributed by atoms with E-state index in [0.717, 1.165) is 10.2 Å². The summed E-state index contributed by atoms with van der Waals surface area (Å²) in [5.41, 5.74) is 6.52. The molecular weight excluding hydrogens is 242 g/mol. The van der Waals surface area contributed by atoms with E-state index in [-0.39, 0.29) is 0 Å². The van der Waals surface area contributed by atoms with Gasteiger partial charge in [-0.05, 0) is 40.5 Å². The summed E-state index contributed by atoms with van der Waals surface area (Å²) < 4.78 is 6.49. The predicted octanol–water partition coefficient (Wildman–Crippen LogP) is 2.65. The number of hydrogen-bond donors (Lipinski definition) is 1. The third-order valence-electron chi connectivity index (χ3n) is 1.73. The molecule has 0 unspecified atom stereocenters. The fraction of sp³-hybridized carbons (Fsp3) is 0.273. The number of ether oxygens (including phenoxy) is 1. The van der Waals surface area contributed by atoms with Gasteiger partial charge in [-0.15, -0.1) is 0 Å². The van der Waals surface area contributed by atoms with Crippen LogP contribution in [0.2, 0.25) is 0 Å². The number of nitrogens with two attached hydrogens (primary N) is 1. The largest absolute Gasteiger partial charge is 0.488 e. The lowest BCUT2D eigenvalue weighted by atomic mass is 10.2. The first kappa shape index (κ1) is 11.3. The Morgan fingerprint density at radius 2 is 2.21 bits per heavy atom. The molecule has 0 bridgehead atoms. The second kappa shape index (κ2) is 5.83. The average Bonchev–Trinajstić information content (AvgIpc) is 2.15. The molecule has 1 rings (SSSR count). The molecule has 14 heavy (non-hydrogen) atoms. The normalized spacial score (nSPS) is 10.8. The van der Waals surface area contributed by atoms with Crippen LogP contribution in [0.3, 0.4) is 0 Å². The van der Waals surface area contributed by atoms with Gasteiger partial charge in [-0.2, -0.15) is 0 Å². The van der Waals surface area contributed by atoms with Crippen LogP contribution in [0.1, 0.15) is 5.56 Å². The highest BCUT2D eigenvalue weighted by Gasteiger charge is 1.98. The van der Waals surface area contributed by atoms with Gasteiger partial charge in [0, 0.05) is 6.54 Å². The van der Waals surface area contributed by atoms with E-state index in [1.54, 1.807) is 0 Å². The van der Waals surface area contributed by atoms with Gasteiger partial charge >= 0.3 is 0 Å². The van der Waals surface area contributed by atoms with Crippen molar-refractivity contribution in [2.45, 2.75) is 6.92 Å². The fourth-order valence-corrected chi connectivity index (χ4v) is 1.63. The zero-order valence-corrected chi connectivity index (χ0v) is 9.75. The van der Waals surface area contributed by atoms with Gasteiger partial charge in [0.2, 0.25) is 0 Å².